The molecule has 0 saturated heterocycles. The van der Waals surface area contributed by atoms with Gasteiger partial charge in [0, 0.05) is 18.7 Å². The third-order valence-corrected chi connectivity index (χ3v) is 8.59. The Hall–Kier alpha value is -3.32. The maximum absolute atomic E-state index is 14.0. The third kappa shape index (κ3) is 11.2. The van der Waals surface area contributed by atoms with Gasteiger partial charge in [-0.05, 0) is 78.4 Å². The summed E-state index contributed by atoms with van der Waals surface area (Å²) in [6, 6.07) is 8.01. The van der Waals surface area contributed by atoms with Crippen molar-refractivity contribution in [3.05, 3.63) is 70.8 Å². The number of aromatic hydroxyl groups is 2. The quantitative estimate of drug-likeness (QED) is 0.0646. The van der Waals surface area contributed by atoms with E-state index in [0.717, 1.165) is 56.9 Å². The Balaban J connectivity index is 1.88. The molecule has 0 aromatic heterocycles. The molecule has 0 spiro atoms. The Kier molecular flexibility index (Phi) is 14.9. The number of carbonyl (C=O) groups is 1. The Morgan fingerprint density at radius 1 is 0.867 bits per heavy atom. The van der Waals surface area contributed by atoms with Gasteiger partial charge < -0.3 is 34.0 Å². The highest BCUT2D eigenvalue weighted by atomic mass is 31.2. The molecule has 0 radical (unpaired) electrons. The number of allylic oxidation sites excluding steroid dienone is 5. The van der Waals surface area contributed by atoms with Gasteiger partial charge in [0.25, 0.3) is 5.91 Å². The zero-order valence-corrected chi connectivity index (χ0v) is 28.7. The van der Waals surface area contributed by atoms with Gasteiger partial charge in [0.1, 0.15) is 22.9 Å². The maximum Gasteiger partial charge on any atom is 0.397 e. The molecule has 2 aromatic rings. The summed E-state index contributed by atoms with van der Waals surface area (Å²) < 4.78 is 18.0. The molecule has 45 heavy (non-hydrogen) atoms. The van der Waals surface area contributed by atoms with Crippen LogP contribution in [0, 0.1) is 0 Å². The van der Waals surface area contributed by atoms with Gasteiger partial charge in [-0.25, -0.2) is 0 Å². The predicted molar refractivity (Wildman–Crippen MR) is 186 cm³/mol. The van der Waals surface area contributed by atoms with E-state index in [9.17, 15) is 15.0 Å². The molecule has 1 heterocycles. The molecule has 8 nitrogen and oxygen atoms in total. The number of fused-ring (bicyclic) bond motifs is 2. The fourth-order valence-electron chi connectivity index (χ4n) is 4.72. The van der Waals surface area contributed by atoms with Crippen LogP contribution in [0.25, 0.3) is 0 Å². The normalized spacial score (nSPS) is 13.3. The second kappa shape index (κ2) is 18.6. The average Bonchev–Trinajstić information content (AvgIpc) is 3.11. The zero-order chi connectivity index (χ0) is 32.8. The van der Waals surface area contributed by atoms with E-state index in [1.54, 1.807) is 23.1 Å². The van der Waals surface area contributed by atoms with Crippen molar-refractivity contribution in [3.8, 4) is 17.2 Å². The van der Waals surface area contributed by atoms with Gasteiger partial charge in [-0.2, -0.15) is 0 Å². The van der Waals surface area contributed by atoms with Crippen molar-refractivity contribution in [1.82, 2.24) is 0 Å². The summed E-state index contributed by atoms with van der Waals surface area (Å²) in [4.78, 5) is 15.6. The summed E-state index contributed by atoms with van der Waals surface area (Å²) >= 11 is 0. The number of carbonyl (C=O) groups excluding carboxylic acids is 1. The molecule has 1 amide bonds. The highest BCUT2D eigenvalue weighted by Gasteiger charge is 2.30. The van der Waals surface area contributed by atoms with Crippen LogP contribution in [0.4, 0.5) is 17.1 Å². The lowest BCUT2D eigenvalue weighted by atomic mass is 10.1. The first kappa shape index (κ1) is 36.2. The molecule has 9 heteroatoms. The fourth-order valence-corrected chi connectivity index (χ4v) is 5.73. The standard InChI is InChI=1S/C36H51N2O6P/c1-7-9-22-42-45(43-23-10-8-2)44-29-24-31-35(33(40)25-29)37-34-30(18-13-19-32(34)39)36(41)38(31)21-20-28(6)17-12-16-27(5)15-11-14-26(3)4/h13-14,16,18-20,24-25,37,39-40H,7-12,15,17,21-23H2,1-6H3/b27-16+,28-20+. The van der Waals surface area contributed by atoms with Crippen molar-refractivity contribution in [3.63, 3.8) is 0 Å². The van der Waals surface area contributed by atoms with E-state index in [1.807, 2.05) is 6.08 Å². The van der Waals surface area contributed by atoms with Crippen LogP contribution in [-0.2, 0) is 9.05 Å². The smallest absolute Gasteiger partial charge is 0.397 e. The summed E-state index contributed by atoms with van der Waals surface area (Å²) in [6.45, 7) is 13.9. The number of amides is 1. The van der Waals surface area contributed by atoms with Crippen LogP contribution in [0.2, 0.25) is 0 Å². The zero-order valence-electron chi connectivity index (χ0n) is 27.8. The van der Waals surface area contributed by atoms with Gasteiger partial charge in [-0.3, -0.25) is 4.79 Å². The van der Waals surface area contributed by atoms with Gasteiger partial charge in [0.2, 0.25) is 0 Å². The molecule has 0 unspecified atom stereocenters. The van der Waals surface area contributed by atoms with Gasteiger partial charge in [-0.15, -0.1) is 0 Å². The molecule has 1 aliphatic heterocycles. The van der Waals surface area contributed by atoms with Crippen LogP contribution in [0.15, 0.2) is 65.3 Å². The molecule has 0 fully saturated rings. The third-order valence-electron chi connectivity index (χ3n) is 7.44. The molecular formula is C36H51N2O6P. The first-order chi connectivity index (χ1) is 21.6. The van der Waals surface area contributed by atoms with E-state index < -0.39 is 8.60 Å². The molecule has 0 aliphatic carbocycles. The minimum Gasteiger partial charge on any atom is -0.506 e. The van der Waals surface area contributed by atoms with Gasteiger partial charge in [0.05, 0.1) is 30.2 Å². The fraction of sp³-hybridized carbons (Fsp3) is 0.472. The number of para-hydroxylation sites is 1. The Bertz CT molecular complexity index is 1360. The van der Waals surface area contributed by atoms with Gasteiger partial charge in [0.15, 0.2) is 0 Å². The topological polar surface area (TPSA) is 100 Å². The number of phenolic OH excluding ortho intramolecular Hbond substituents is 2. The minimum atomic E-state index is -1.70. The number of nitrogens with one attached hydrogen (secondary N) is 1. The van der Waals surface area contributed by atoms with E-state index >= 15 is 0 Å². The summed E-state index contributed by atoms with van der Waals surface area (Å²) in [5, 5.41) is 24.9. The Morgan fingerprint density at radius 2 is 1.51 bits per heavy atom. The number of anilines is 3. The van der Waals surface area contributed by atoms with Crippen LogP contribution >= 0.6 is 8.60 Å². The summed E-state index contributed by atoms with van der Waals surface area (Å²) in [6.07, 6.45) is 14.2. The molecule has 0 atom stereocenters. The molecule has 2 aromatic carbocycles. The van der Waals surface area contributed by atoms with Crippen molar-refractivity contribution in [2.45, 2.75) is 92.9 Å². The van der Waals surface area contributed by atoms with Gasteiger partial charge in [-0.1, -0.05) is 67.7 Å². The maximum atomic E-state index is 14.0. The lowest BCUT2D eigenvalue weighted by Gasteiger charge is -2.24. The predicted octanol–water partition coefficient (Wildman–Crippen LogP) is 10.5. The largest absolute Gasteiger partial charge is 0.506 e. The van der Waals surface area contributed by atoms with Crippen LogP contribution < -0.4 is 14.7 Å². The minimum absolute atomic E-state index is 0.0796. The number of phenols is 2. The Morgan fingerprint density at radius 3 is 2.16 bits per heavy atom. The van der Waals surface area contributed by atoms with E-state index in [4.69, 9.17) is 13.6 Å². The number of hydrogen-bond donors (Lipinski definition) is 3. The number of nitrogens with zero attached hydrogens (tertiary/aromatic N) is 1. The molecule has 0 bridgehead atoms. The van der Waals surface area contributed by atoms with E-state index in [2.05, 4.69) is 59.0 Å². The number of benzene rings is 2. The molecule has 246 valence electrons. The van der Waals surface area contributed by atoms with Crippen molar-refractivity contribution < 1.29 is 28.6 Å². The number of unbranched alkanes of at least 4 members (excludes halogenated alkanes) is 2. The molecular weight excluding hydrogens is 587 g/mol. The van der Waals surface area contributed by atoms with Crippen molar-refractivity contribution >= 4 is 31.6 Å². The van der Waals surface area contributed by atoms with E-state index in [-0.39, 0.29) is 29.6 Å². The molecule has 3 rings (SSSR count). The average molecular weight is 639 g/mol. The first-order valence-corrected chi connectivity index (χ1v) is 17.2. The lowest BCUT2D eigenvalue weighted by Crippen LogP contribution is -2.30. The van der Waals surface area contributed by atoms with Crippen molar-refractivity contribution in [2.75, 3.05) is 30.0 Å². The second-order valence-corrected chi connectivity index (χ2v) is 12.9. The van der Waals surface area contributed by atoms with Gasteiger partial charge >= 0.3 is 8.60 Å². The summed E-state index contributed by atoms with van der Waals surface area (Å²) in [7, 11) is -1.70. The van der Waals surface area contributed by atoms with E-state index in [1.165, 1.54) is 23.3 Å². The summed E-state index contributed by atoms with van der Waals surface area (Å²) in [5.74, 6) is -0.176. The SMILES string of the molecule is CCCCOP(OCCCC)Oc1cc(O)c2c(c1)N(C/C=C(\C)CC/C=C(\C)CCC=C(C)C)C(=O)c1cccc(O)c1N2. The van der Waals surface area contributed by atoms with Crippen LogP contribution in [0.5, 0.6) is 17.2 Å². The van der Waals surface area contributed by atoms with Crippen molar-refractivity contribution in [2.24, 2.45) is 0 Å². The summed E-state index contributed by atoms with van der Waals surface area (Å²) in [5.41, 5.74) is 5.16. The molecule has 0 saturated carbocycles. The first-order valence-electron chi connectivity index (χ1n) is 16.1. The van der Waals surface area contributed by atoms with Crippen molar-refractivity contribution in [1.29, 1.82) is 0 Å². The van der Waals surface area contributed by atoms with Crippen LogP contribution in [0.3, 0.4) is 0 Å². The highest BCUT2D eigenvalue weighted by Crippen LogP contribution is 2.49. The highest BCUT2D eigenvalue weighted by molar-refractivity contribution is 7.42. The number of rotatable bonds is 18. The Labute approximate surface area is 270 Å². The van der Waals surface area contributed by atoms with Crippen LogP contribution in [0.1, 0.15) is 103 Å². The molecule has 3 N–H and O–H groups in total. The van der Waals surface area contributed by atoms with E-state index in [0.29, 0.717) is 35.9 Å². The molecule has 1 aliphatic rings. The second-order valence-electron chi connectivity index (χ2n) is 11.7. The van der Waals surface area contributed by atoms with Crippen LogP contribution in [-0.4, -0.2) is 35.9 Å². The lowest BCUT2D eigenvalue weighted by molar-refractivity contribution is 0.0991. The monoisotopic (exact) mass is 638 g/mol. The number of hydrogen-bond acceptors (Lipinski definition) is 7.